The lowest BCUT2D eigenvalue weighted by atomic mass is 10.2. The Kier molecular flexibility index (Phi) is 8.45. The van der Waals surface area contributed by atoms with Gasteiger partial charge in [0, 0.05) is 5.69 Å². The van der Waals surface area contributed by atoms with Crippen molar-refractivity contribution < 1.29 is 13.9 Å². The molecule has 0 spiro atoms. The molecule has 0 aliphatic heterocycles. The van der Waals surface area contributed by atoms with Gasteiger partial charge in [-0.1, -0.05) is 32.6 Å². The predicted octanol–water partition coefficient (Wildman–Crippen LogP) is 4.36. The topological polar surface area (TPSA) is 63.5 Å². The zero-order chi connectivity index (χ0) is 17.7. The molecule has 2 N–H and O–H groups in total. The van der Waals surface area contributed by atoms with Crippen molar-refractivity contribution in [1.82, 2.24) is 5.32 Å². The first-order chi connectivity index (χ1) is 12.3. The zero-order valence-corrected chi connectivity index (χ0v) is 14.9. The number of nitrogens with one attached hydrogen (secondary N) is 2. The lowest BCUT2D eigenvalue weighted by Gasteiger charge is -2.09. The van der Waals surface area contributed by atoms with Crippen LogP contribution in [0.15, 0.2) is 47.1 Å². The molecule has 0 aliphatic rings. The van der Waals surface area contributed by atoms with E-state index in [-0.39, 0.29) is 12.5 Å². The van der Waals surface area contributed by atoms with Crippen LogP contribution in [0.4, 0.5) is 5.69 Å². The number of benzene rings is 1. The van der Waals surface area contributed by atoms with Crippen molar-refractivity contribution in [3.05, 3.63) is 48.4 Å². The first-order valence-electron chi connectivity index (χ1n) is 9.03. The van der Waals surface area contributed by atoms with Gasteiger partial charge in [-0.3, -0.25) is 4.79 Å². The summed E-state index contributed by atoms with van der Waals surface area (Å²) < 4.78 is 10.9. The smallest absolute Gasteiger partial charge is 0.239 e. The van der Waals surface area contributed by atoms with Crippen LogP contribution in [0.5, 0.6) is 5.75 Å². The van der Waals surface area contributed by atoms with Crippen LogP contribution in [0.1, 0.15) is 44.8 Å². The molecule has 0 atom stereocenters. The van der Waals surface area contributed by atoms with Gasteiger partial charge in [-0.25, -0.2) is 0 Å². The Labute approximate surface area is 149 Å². The van der Waals surface area contributed by atoms with Crippen molar-refractivity contribution in [3.63, 3.8) is 0 Å². The Bertz CT molecular complexity index is 594. The summed E-state index contributed by atoms with van der Waals surface area (Å²) in [5.41, 5.74) is 0.892. The highest BCUT2D eigenvalue weighted by atomic mass is 16.5. The Morgan fingerprint density at radius 2 is 1.88 bits per heavy atom. The Hall–Kier alpha value is -2.43. The highest BCUT2D eigenvalue weighted by Gasteiger charge is 2.03. The lowest BCUT2D eigenvalue weighted by molar-refractivity contribution is -0.119. The van der Waals surface area contributed by atoms with Crippen molar-refractivity contribution in [2.45, 2.75) is 45.6 Å². The molecule has 1 aromatic heterocycles. The molecule has 1 aromatic carbocycles. The molecule has 0 unspecified atom stereocenters. The fourth-order valence-electron chi connectivity index (χ4n) is 2.41. The monoisotopic (exact) mass is 344 g/mol. The number of hydrogen-bond acceptors (Lipinski definition) is 4. The van der Waals surface area contributed by atoms with Gasteiger partial charge in [0.05, 0.1) is 26.0 Å². The molecule has 1 heterocycles. The molecule has 0 saturated carbocycles. The molecule has 0 bridgehead atoms. The number of furan rings is 1. The molecule has 0 aliphatic carbocycles. The van der Waals surface area contributed by atoms with Crippen LogP contribution in [0.2, 0.25) is 0 Å². The molecular formula is C20H28N2O3. The molecule has 2 aromatic rings. The fraction of sp³-hybridized carbons (Fsp3) is 0.450. The van der Waals surface area contributed by atoms with Gasteiger partial charge >= 0.3 is 0 Å². The molecule has 5 nitrogen and oxygen atoms in total. The largest absolute Gasteiger partial charge is 0.494 e. The summed E-state index contributed by atoms with van der Waals surface area (Å²) in [5, 5.41) is 5.89. The highest BCUT2D eigenvalue weighted by molar-refractivity contribution is 5.80. The third-order valence-electron chi connectivity index (χ3n) is 3.86. The number of carbonyl (C=O) groups is 1. The SMILES string of the molecule is CCCCCCCOc1ccc(NCC(=O)NCc2ccco2)cc1. The molecule has 5 heteroatoms. The first kappa shape index (κ1) is 18.9. The Balaban J connectivity index is 1.60. The second kappa shape index (κ2) is 11.2. The van der Waals surface area contributed by atoms with Crippen LogP contribution in [0.3, 0.4) is 0 Å². The summed E-state index contributed by atoms with van der Waals surface area (Å²) in [5.74, 6) is 1.52. The average Bonchev–Trinajstić information content (AvgIpc) is 3.16. The number of carbonyl (C=O) groups excluding carboxylic acids is 1. The minimum atomic E-state index is -0.0798. The quantitative estimate of drug-likeness (QED) is 0.562. The van der Waals surface area contributed by atoms with Crippen molar-refractivity contribution in [3.8, 4) is 5.75 Å². The second-order valence-electron chi connectivity index (χ2n) is 6.00. The van der Waals surface area contributed by atoms with E-state index in [1.54, 1.807) is 12.3 Å². The van der Waals surface area contributed by atoms with E-state index in [0.29, 0.717) is 6.54 Å². The predicted molar refractivity (Wildman–Crippen MR) is 99.7 cm³/mol. The molecular weight excluding hydrogens is 316 g/mol. The molecule has 1 amide bonds. The van der Waals surface area contributed by atoms with E-state index in [4.69, 9.17) is 9.15 Å². The fourth-order valence-corrected chi connectivity index (χ4v) is 2.41. The van der Waals surface area contributed by atoms with Crippen molar-refractivity contribution in [2.75, 3.05) is 18.5 Å². The van der Waals surface area contributed by atoms with Gasteiger partial charge in [-0.2, -0.15) is 0 Å². The average molecular weight is 344 g/mol. The van der Waals surface area contributed by atoms with Gasteiger partial charge in [0.2, 0.25) is 5.91 Å². The van der Waals surface area contributed by atoms with Crippen molar-refractivity contribution in [2.24, 2.45) is 0 Å². The van der Waals surface area contributed by atoms with Gasteiger partial charge in [-0.05, 0) is 42.8 Å². The maximum absolute atomic E-state index is 11.8. The summed E-state index contributed by atoms with van der Waals surface area (Å²) in [7, 11) is 0. The van der Waals surface area contributed by atoms with E-state index in [1.165, 1.54) is 25.7 Å². The first-order valence-corrected chi connectivity index (χ1v) is 9.03. The van der Waals surface area contributed by atoms with E-state index >= 15 is 0 Å². The molecule has 0 radical (unpaired) electrons. The van der Waals surface area contributed by atoms with Crippen LogP contribution < -0.4 is 15.4 Å². The van der Waals surface area contributed by atoms with Crippen molar-refractivity contribution >= 4 is 11.6 Å². The minimum absolute atomic E-state index is 0.0798. The molecule has 136 valence electrons. The number of rotatable bonds is 12. The van der Waals surface area contributed by atoms with Crippen LogP contribution >= 0.6 is 0 Å². The molecule has 25 heavy (non-hydrogen) atoms. The van der Waals surface area contributed by atoms with Gasteiger partial charge in [0.15, 0.2) is 0 Å². The Morgan fingerprint density at radius 3 is 2.60 bits per heavy atom. The van der Waals surface area contributed by atoms with Gasteiger partial charge in [0.25, 0.3) is 0 Å². The van der Waals surface area contributed by atoms with E-state index in [0.717, 1.165) is 30.2 Å². The van der Waals surface area contributed by atoms with Crippen LogP contribution in [-0.2, 0) is 11.3 Å². The summed E-state index contributed by atoms with van der Waals surface area (Å²) in [6.45, 7) is 3.59. The zero-order valence-electron chi connectivity index (χ0n) is 14.9. The molecule has 0 fully saturated rings. The number of unbranched alkanes of at least 4 members (excludes halogenated alkanes) is 4. The lowest BCUT2D eigenvalue weighted by Crippen LogP contribution is -2.29. The standard InChI is InChI=1S/C20H28N2O3/c1-2-3-4-5-6-13-24-18-11-9-17(10-12-18)21-16-20(23)22-15-19-8-7-14-25-19/h7-12,14,21H,2-6,13,15-16H2,1H3,(H,22,23). The Morgan fingerprint density at radius 1 is 1.08 bits per heavy atom. The summed E-state index contributed by atoms with van der Waals surface area (Å²) in [4.78, 5) is 11.8. The number of amides is 1. The van der Waals surface area contributed by atoms with Gasteiger partial charge < -0.3 is 19.8 Å². The third-order valence-corrected chi connectivity index (χ3v) is 3.86. The number of hydrogen-bond donors (Lipinski definition) is 2. The summed E-state index contributed by atoms with van der Waals surface area (Å²) in [6, 6.07) is 11.3. The van der Waals surface area contributed by atoms with Crippen molar-refractivity contribution in [1.29, 1.82) is 0 Å². The maximum Gasteiger partial charge on any atom is 0.239 e. The normalized spacial score (nSPS) is 10.4. The maximum atomic E-state index is 11.8. The molecule has 2 rings (SSSR count). The summed E-state index contributed by atoms with van der Waals surface area (Å²) >= 11 is 0. The molecule has 0 saturated heterocycles. The second-order valence-corrected chi connectivity index (χ2v) is 6.00. The third kappa shape index (κ3) is 7.79. The van der Waals surface area contributed by atoms with Crippen LogP contribution in [0, 0.1) is 0 Å². The van der Waals surface area contributed by atoms with Crippen LogP contribution in [0.25, 0.3) is 0 Å². The van der Waals surface area contributed by atoms with E-state index < -0.39 is 0 Å². The summed E-state index contributed by atoms with van der Waals surface area (Å²) in [6.07, 6.45) is 7.75. The van der Waals surface area contributed by atoms with E-state index in [1.807, 2.05) is 30.3 Å². The number of anilines is 1. The van der Waals surface area contributed by atoms with Gasteiger partial charge in [0.1, 0.15) is 11.5 Å². The van der Waals surface area contributed by atoms with Crippen LogP contribution in [-0.4, -0.2) is 19.1 Å². The highest BCUT2D eigenvalue weighted by Crippen LogP contribution is 2.16. The minimum Gasteiger partial charge on any atom is -0.494 e. The van der Waals surface area contributed by atoms with E-state index in [9.17, 15) is 4.79 Å². The number of ether oxygens (including phenoxy) is 1. The van der Waals surface area contributed by atoms with Gasteiger partial charge in [-0.15, -0.1) is 0 Å². The van der Waals surface area contributed by atoms with E-state index in [2.05, 4.69) is 17.6 Å².